The summed E-state index contributed by atoms with van der Waals surface area (Å²) in [5.74, 6) is -0.526. The molecule has 108 valence electrons. The fourth-order valence-electron chi connectivity index (χ4n) is 1.81. The fraction of sp³-hybridized carbons (Fsp3) is 0.125. The molecule has 4 nitrogen and oxygen atoms in total. The number of rotatable bonds is 5. The van der Waals surface area contributed by atoms with E-state index in [9.17, 15) is 9.59 Å². The third kappa shape index (κ3) is 3.61. The molecule has 0 spiro atoms. The van der Waals surface area contributed by atoms with Gasteiger partial charge >= 0.3 is 0 Å². The average Bonchev–Trinajstić information content (AvgIpc) is 2.54. The van der Waals surface area contributed by atoms with Crippen LogP contribution in [-0.4, -0.2) is 24.2 Å². The van der Waals surface area contributed by atoms with Gasteiger partial charge in [0.2, 0.25) is 0 Å². The average molecular weight is 304 g/mol. The maximum absolute atomic E-state index is 12.1. The Bertz CT molecular complexity index is 643. The molecule has 2 aromatic carbocycles. The highest BCUT2D eigenvalue weighted by molar-refractivity contribution is 6.45. The zero-order chi connectivity index (χ0) is 15.2. The molecule has 0 fully saturated rings. The molecule has 1 unspecified atom stereocenters. The normalized spacial score (nSPS) is 11.5. The van der Waals surface area contributed by atoms with E-state index in [0.29, 0.717) is 17.0 Å². The van der Waals surface area contributed by atoms with Gasteiger partial charge in [0, 0.05) is 5.56 Å². The highest BCUT2D eigenvalue weighted by atomic mass is 35.5. The van der Waals surface area contributed by atoms with Gasteiger partial charge in [0.25, 0.3) is 5.91 Å². The van der Waals surface area contributed by atoms with Gasteiger partial charge < -0.3 is 10.1 Å². The van der Waals surface area contributed by atoms with Gasteiger partial charge in [-0.05, 0) is 12.1 Å². The van der Waals surface area contributed by atoms with Gasteiger partial charge in [0.05, 0.1) is 12.8 Å². The monoisotopic (exact) mass is 303 g/mol. The molecule has 2 aromatic rings. The number of nitrogens with one attached hydrogen (secondary N) is 1. The Morgan fingerprint density at radius 1 is 1.05 bits per heavy atom. The minimum absolute atomic E-state index is 0.396. The molecule has 5 heteroatoms. The summed E-state index contributed by atoms with van der Waals surface area (Å²) in [6.45, 7) is 0. The van der Waals surface area contributed by atoms with E-state index < -0.39 is 17.1 Å². The summed E-state index contributed by atoms with van der Waals surface area (Å²) < 4.78 is 5.13. The zero-order valence-electron chi connectivity index (χ0n) is 11.4. The molecule has 0 bridgehead atoms. The van der Waals surface area contributed by atoms with Crippen molar-refractivity contribution in [1.82, 2.24) is 0 Å². The van der Waals surface area contributed by atoms with E-state index in [0.717, 1.165) is 0 Å². The number of benzene rings is 2. The maximum atomic E-state index is 12.1. The molecule has 0 saturated heterocycles. The van der Waals surface area contributed by atoms with Crippen molar-refractivity contribution in [1.29, 1.82) is 0 Å². The fourth-order valence-corrected chi connectivity index (χ4v) is 1.99. The van der Waals surface area contributed by atoms with E-state index in [-0.39, 0.29) is 0 Å². The molecule has 2 rings (SSSR count). The summed E-state index contributed by atoms with van der Waals surface area (Å²) in [5, 5.41) is 1.30. The Hall–Kier alpha value is -2.33. The highest BCUT2D eigenvalue weighted by Gasteiger charge is 2.25. The van der Waals surface area contributed by atoms with Crippen molar-refractivity contribution in [2.75, 3.05) is 12.4 Å². The summed E-state index contributed by atoms with van der Waals surface area (Å²) in [4.78, 5) is 24.2. The first-order chi connectivity index (χ1) is 10.1. The Kier molecular flexibility index (Phi) is 4.95. The quantitative estimate of drug-likeness (QED) is 0.524. The molecule has 0 aliphatic carbocycles. The van der Waals surface area contributed by atoms with E-state index in [1.165, 1.54) is 7.11 Å². The smallest absolute Gasteiger partial charge is 0.250 e. The number of alkyl halides is 1. The first-order valence-corrected chi connectivity index (χ1v) is 6.74. The van der Waals surface area contributed by atoms with Crippen molar-refractivity contribution < 1.29 is 14.3 Å². The Labute approximate surface area is 127 Å². The van der Waals surface area contributed by atoms with E-state index in [1.54, 1.807) is 54.6 Å². The second kappa shape index (κ2) is 6.90. The molecule has 0 aromatic heterocycles. The van der Waals surface area contributed by atoms with Crippen LogP contribution in [0.25, 0.3) is 0 Å². The molecular weight excluding hydrogens is 290 g/mol. The lowest BCUT2D eigenvalue weighted by Crippen LogP contribution is -2.30. The number of Topliss-reactive ketones (excluding diaryl/α,β-unsaturated/α-hetero) is 1. The third-order valence-corrected chi connectivity index (χ3v) is 3.28. The van der Waals surface area contributed by atoms with Crippen LogP contribution >= 0.6 is 11.6 Å². The second-order valence-electron chi connectivity index (χ2n) is 4.28. The molecule has 1 atom stereocenters. The van der Waals surface area contributed by atoms with Crippen LogP contribution in [0.2, 0.25) is 0 Å². The van der Waals surface area contributed by atoms with Crippen molar-refractivity contribution in [3.8, 4) is 5.75 Å². The molecule has 0 aliphatic heterocycles. The third-order valence-electron chi connectivity index (χ3n) is 2.88. The van der Waals surface area contributed by atoms with Gasteiger partial charge in [-0.3, -0.25) is 9.59 Å². The number of carbonyl (C=O) groups is 2. The summed E-state index contributed by atoms with van der Waals surface area (Å²) in [7, 11) is 1.50. The molecule has 0 aliphatic rings. The number of ether oxygens (including phenoxy) is 1. The predicted octanol–water partition coefficient (Wildman–Crippen LogP) is 3.12. The van der Waals surface area contributed by atoms with Gasteiger partial charge in [-0.1, -0.05) is 42.5 Å². The zero-order valence-corrected chi connectivity index (χ0v) is 12.1. The maximum Gasteiger partial charge on any atom is 0.250 e. The van der Waals surface area contributed by atoms with Gasteiger partial charge in [0.15, 0.2) is 11.2 Å². The molecule has 0 heterocycles. The lowest BCUT2D eigenvalue weighted by molar-refractivity contribution is -0.115. The second-order valence-corrected chi connectivity index (χ2v) is 4.72. The Morgan fingerprint density at radius 2 is 1.67 bits per heavy atom. The van der Waals surface area contributed by atoms with Crippen molar-refractivity contribution >= 4 is 29.0 Å². The minimum Gasteiger partial charge on any atom is -0.495 e. The SMILES string of the molecule is COc1ccccc1NC(=O)C(Cl)C(=O)c1ccccc1. The Morgan fingerprint density at radius 3 is 2.33 bits per heavy atom. The summed E-state index contributed by atoms with van der Waals surface area (Å²) >= 11 is 5.96. The highest BCUT2D eigenvalue weighted by Crippen LogP contribution is 2.23. The molecule has 0 radical (unpaired) electrons. The van der Waals surface area contributed by atoms with Gasteiger partial charge in [-0.25, -0.2) is 0 Å². The van der Waals surface area contributed by atoms with Crippen molar-refractivity contribution in [3.63, 3.8) is 0 Å². The molecule has 21 heavy (non-hydrogen) atoms. The number of carbonyl (C=O) groups excluding carboxylic acids is 2. The summed E-state index contributed by atoms with van der Waals surface area (Å²) in [6, 6.07) is 15.4. The molecule has 1 N–H and O–H groups in total. The number of para-hydroxylation sites is 2. The van der Waals surface area contributed by atoms with E-state index >= 15 is 0 Å². The van der Waals surface area contributed by atoms with Crippen molar-refractivity contribution in [2.24, 2.45) is 0 Å². The van der Waals surface area contributed by atoms with Crippen LogP contribution in [0.1, 0.15) is 10.4 Å². The van der Waals surface area contributed by atoms with Crippen LogP contribution in [-0.2, 0) is 4.79 Å². The molecular formula is C16H14ClNO3. The minimum atomic E-state index is -1.29. The summed E-state index contributed by atoms with van der Waals surface area (Å²) in [5.41, 5.74) is 0.865. The standard InChI is InChI=1S/C16H14ClNO3/c1-21-13-10-6-5-9-12(13)18-16(20)14(17)15(19)11-7-3-2-4-8-11/h2-10,14H,1H3,(H,18,20). The molecule has 1 amide bonds. The first kappa shape index (κ1) is 15.1. The lowest BCUT2D eigenvalue weighted by atomic mass is 10.1. The first-order valence-electron chi connectivity index (χ1n) is 6.30. The van der Waals surface area contributed by atoms with Crippen LogP contribution in [0.5, 0.6) is 5.75 Å². The van der Waals surface area contributed by atoms with Crippen molar-refractivity contribution in [3.05, 3.63) is 60.2 Å². The van der Waals surface area contributed by atoms with Crippen LogP contribution in [0, 0.1) is 0 Å². The van der Waals surface area contributed by atoms with E-state index in [2.05, 4.69) is 5.32 Å². The topological polar surface area (TPSA) is 55.4 Å². The van der Waals surface area contributed by atoms with Crippen LogP contribution in [0.3, 0.4) is 0 Å². The number of halogens is 1. The Balaban J connectivity index is 2.11. The van der Waals surface area contributed by atoms with Crippen molar-refractivity contribution in [2.45, 2.75) is 5.38 Å². The van der Waals surface area contributed by atoms with E-state index in [1.807, 2.05) is 0 Å². The predicted molar refractivity (Wildman–Crippen MR) is 82.0 cm³/mol. The number of hydrogen-bond donors (Lipinski definition) is 1. The van der Waals surface area contributed by atoms with E-state index in [4.69, 9.17) is 16.3 Å². The number of anilines is 1. The lowest BCUT2D eigenvalue weighted by Gasteiger charge is -2.12. The van der Waals surface area contributed by atoms with Crippen LogP contribution in [0.15, 0.2) is 54.6 Å². The van der Waals surface area contributed by atoms with Gasteiger partial charge in [0.1, 0.15) is 5.75 Å². The van der Waals surface area contributed by atoms with Crippen LogP contribution in [0.4, 0.5) is 5.69 Å². The van der Waals surface area contributed by atoms with Crippen LogP contribution < -0.4 is 10.1 Å². The van der Waals surface area contributed by atoms with Gasteiger partial charge in [-0.15, -0.1) is 11.6 Å². The van der Waals surface area contributed by atoms with Gasteiger partial charge in [-0.2, -0.15) is 0 Å². The largest absolute Gasteiger partial charge is 0.495 e. The number of amides is 1. The molecule has 0 saturated carbocycles. The number of ketones is 1. The summed E-state index contributed by atoms with van der Waals surface area (Å²) in [6.07, 6.45) is 0. The number of methoxy groups -OCH3 is 1. The number of hydrogen-bond acceptors (Lipinski definition) is 3.